The van der Waals surface area contributed by atoms with Gasteiger partial charge in [-0.2, -0.15) is 18.3 Å². The Morgan fingerprint density at radius 3 is 1.92 bits per heavy atom. The smallest absolute Gasteiger partial charge is 0.416 e. The van der Waals surface area contributed by atoms with Crippen LogP contribution in [0.25, 0.3) is 0 Å². The number of methoxy groups -OCH3 is 3. The molecule has 0 saturated carbocycles. The van der Waals surface area contributed by atoms with Crippen molar-refractivity contribution in [3.8, 4) is 17.2 Å². The van der Waals surface area contributed by atoms with Crippen molar-refractivity contribution in [2.24, 2.45) is 5.10 Å². The number of benzene rings is 2. The average molecular weight is 354 g/mol. The predicted molar refractivity (Wildman–Crippen MR) is 88.8 cm³/mol. The molecule has 134 valence electrons. The zero-order valence-electron chi connectivity index (χ0n) is 13.8. The van der Waals surface area contributed by atoms with Gasteiger partial charge in [0, 0.05) is 5.56 Å². The van der Waals surface area contributed by atoms with Crippen molar-refractivity contribution in [1.82, 2.24) is 0 Å². The highest BCUT2D eigenvalue weighted by Gasteiger charge is 2.29. The molecule has 0 bridgehead atoms. The van der Waals surface area contributed by atoms with E-state index >= 15 is 0 Å². The number of hydrazone groups is 1. The Kier molecular flexibility index (Phi) is 5.74. The van der Waals surface area contributed by atoms with Crippen LogP contribution in [0, 0.1) is 0 Å². The van der Waals surface area contributed by atoms with Gasteiger partial charge in [-0.1, -0.05) is 0 Å². The van der Waals surface area contributed by atoms with Gasteiger partial charge in [0.1, 0.15) is 0 Å². The Bertz CT molecular complexity index is 719. The zero-order chi connectivity index (χ0) is 18.4. The van der Waals surface area contributed by atoms with Crippen LogP contribution in [-0.4, -0.2) is 27.5 Å². The highest BCUT2D eigenvalue weighted by atomic mass is 19.4. The minimum atomic E-state index is -4.36. The summed E-state index contributed by atoms with van der Waals surface area (Å²) in [7, 11) is 4.50. The predicted octanol–water partition coefficient (Wildman–Crippen LogP) is 4.18. The Morgan fingerprint density at radius 1 is 0.920 bits per heavy atom. The first kappa shape index (κ1) is 18.4. The molecule has 0 saturated heterocycles. The first-order valence-corrected chi connectivity index (χ1v) is 7.15. The second-order valence-electron chi connectivity index (χ2n) is 4.90. The van der Waals surface area contributed by atoms with Crippen molar-refractivity contribution in [3.05, 3.63) is 47.5 Å². The molecule has 0 aliphatic heterocycles. The fraction of sp³-hybridized carbons (Fsp3) is 0.235. The van der Waals surface area contributed by atoms with E-state index in [4.69, 9.17) is 14.2 Å². The van der Waals surface area contributed by atoms with Crippen molar-refractivity contribution >= 4 is 11.9 Å². The molecule has 0 aliphatic carbocycles. The maximum atomic E-state index is 12.5. The first-order valence-electron chi connectivity index (χ1n) is 7.15. The molecule has 0 amide bonds. The molecular weight excluding hydrogens is 337 g/mol. The van der Waals surface area contributed by atoms with Gasteiger partial charge >= 0.3 is 6.18 Å². The minimum absolute atomic E-state index is 0.427. The summed E-state index contributed by atoms with van der Waals surface area (Å²) in [5.74, 6) is 1.40. The highest BCUT2D eigenvalue weighted by Crippen LogP contribution is 2.37. The van der Waals surface area contributed by atoms with Crippen LogP contribution >= 0.6 is 0 Å². The molecule has 2 aromatic carbocycles. The van der Waals surface area contributed by atoms with E-state index in [1.54, 1.807) is 12.1 Å². The molecule has 25 heavy (non-hydrogen) atoms. The summed E-state index contributed by atoms with van der Waals surface area (Å²) in [6.45, 7) is 0. The second-order valence-corrected chi connectivity index (χ2v) is 4.90. The van der Waals surface area contributed by atoms with E-state index < -0.39 is 11.7 Å². The third kappa shape index (κ3) is 4.56. The van der Waals surface area contributed by atoms with E-state index in [0.717, 1.165) is 12.1 Å². The van der Waals surface area contributed by atoms with E-state index in [1.165, 1.54) is 39.7 Å². The van der Waals surface area contributed by atoms with Crippen LogP contribution < -0.4 is 19.6 Å². The third-order valence-corrected chi connectivity index (χ3v) is 3.31. The molecule has 0 atom stereocenters. The summed E-state index contributed by atoms with van der Waals surface area (Å²) in [5.41, 5.74) is 3.04. The number of hydrogen-bond acceptors (Lipinski definition) is 5. The van der Waals surface area contributed by atoms with Crippen LogP contribution in [0.2, 0.25) is 0 Å². The van der Waals surface area contributed by atoms with Gasteiger partial charge in [-0.3, -0.25) is 5.43 Å². The number of rotatable bonds is 6. The number of alkyl halides is 3. The normalized spacial score (nSPS) is 11.4. The van der Waals surface area contributed by atoms with Crippen LogP contribution in [0.15, 0.2) is 41.5 Å². The summed E-state index contributed by atoms with van der Waals surface area (Å²) in [4.78, 5) is 0. The molecule has 2 aromatic rings. The Hall–Kier alpha value is -2.90. The van der Waals surface area contributed by atoms with Gasteiger partial charge < -0.3 is 14.2 Å². The fourth-order valence-corrected chi connectivity index (χ4v) is 2.09. The first-order chi connectivity index (χ1) is 11.9. The molecule has 5 nitrogen and oxygen atoms in total. The molecule has 8 heteroatoms. The Balaban J connectivity index is 2.14. The van der Waals surface area contributed by atoms with Crippen molar-refractivity contribution in [2.45, 2.75) is 6.18 Å². The summed E-state index contributed by atoms with van der Waals surface area (Å²) < 4.78 is 53.2. The van der Waals surface area contributed by atoms with Crippen LogP contribution in [0.4, 0.5) is 18.9 Å². The molecule has 0 fully saturated rings. The number of ether oxygens (including phenoxy) is 3. The summed E-state index contributed by atoms with van der Waals surface area (Å²) in [6.07, 6.45) is -2.87. The van der Waals surface area contributed by atoms with E-state index in [9.17, 15) is 13.2 Å². The van der Waals surface area contributed by atoms with Crippen LogP contribution in [0.1, 0.15) is 11.1 Å². The highest BCUT2D eigenvalue weighted by molar-refractivity contribution is 5.83. The fourth-order valence-electron chi connectivity index (χ4n) is 2.09. The van der Waals surface area contributed by atoms with E-state index in [0.29, 0.717) is 28.5 Å². The molecule has 0 heterocycles. The molecular formula is C17H17F3N2O3. The van der Waals surface area contributed by atoms with Crippen LogP contribution in [0.3, 0.4) is 0 Å². The lowest BCUT2D eigenvalue weighted by molar-refractivity contribution is -0.137. The Labute approximate surface area is 143 Å². The van der Waals surface area contributed by atoms with E-state index in [-0.39, 0.29) is 0 Å². The minimum Gasteiger partial charge on any atom is -0.493 e. The van der Waals surface area contributed by atoms with Gasteiger partial charge in [0.25, 0.3) is 0 Å². The summed E-state index contributed by atoms with van der Waals surface area (Å²) in [6, 6.07) is 7.96. The number of anilines is 1. The summed E-state index contributed by atoms with van der Waals surface area (Å²) >= 11 is 0. The maximum Gasteiger partial charge on any atom is 0.416 e. The van der Waals surface area contributed by atoms with Crippen LogP contribution in [0.5, 0.6) is 17.2 Å². The SMILES string of the molecule is COc1cc(/C=N/Nc2ccc(C(F)(F)F)cc2)cc(OC)c1OC. The van der Waals surface area contributed by atoms with E-state index in [1.807, 2.05) is 0 Å². The average Bonchev–Trinajstić information content (AvgIpc) is 2.60. The van der Waals surface area contributed by atoms with Gasteiger partial charge in [-0.15, -0.1) is 0 Å². The molecule has 2 rings (SSSR count). The van der Waals surface area contributed by atoms with Gasteiger partial charge in [-0.05, 0) is 36.4 Å². The van der Waals surface area contributed by atoms with Crippen molar-refractivity contribution in [2.75, 3.05) is 26.8 Å². The largest absolute Gasteiger partial charge is 0.493 e. The standard InChI is InChI=1S/C17H17F3N2O3/c1-23-14-8-11(9-15(24-2)16(14)25-3)10-21-22-13-6-4-12(5-7-13)17(18,19)20/h4-10,22H,1-3H3/b21-10+. The van der Waals surface area contributed by atoms with Crippen molar-refractivity contribution in [3.63, 3.8) is 0 Å². The monoisotopic (exact) mass is 354 g/mol. The summed E-state index contributed by atoms with van der Waals surface area (Å²) in [5, 5.41) is 4.00. The molecule has 0 aliphatic rings. The molecule has 0 aromatic heterocycles. The quantitative estimate of drug-likeness (QED) is 0.625. The molecule has 0 unspecified atom stereocenters. The number of halogens is 3. The van der Waals surface area contributed by atoms with Gasteiger partial charge in [0.2, 0.25) is 5.75 Å². The van der Waals surface area contributed by atoms with Crippen molar-refractivity contribution in [1.29, 1.82) is 0 Å². The van der Waals surface area contributed by atoms with Gasteiger partial charge in [0.15, 0.2) is 11.5 Å². The maximum absolute atomic E-state index is 12.5. The van der Waals surface area contributed by atoms with Gasteiger partial charge in [0.05, 0.1) is 38.8 Å². The van der Waals surface area contributed by atoms with Gasteiger partial charge in [-0.25, -0.2) is 0 Å². The lowest BCUT2D eigenvalue weighted by atomic mass is 10.2. The second kappa shape index (κ2) is 7.78. The molecule has 0 radical (unpaired) electrons. The topological polar surface area (TPSA) is 52.1 Å². The number of hydrogen-bond donors (Lipinski definition) is 1. The zero-order valence-corrected chi connectivity index (χ0v) is 13.8. The molecule has 1 N–H and O–H groups in total. The lowest BCUT2D eigenvalue weighted by Gasteiger charge is -2.12. The molecule has 0 spiro atoms. The van der Waals surface area contributed by atoms with Crippen LogP contribution in [-0.2, 0) is 6.18 Å². The third-order valence-electron chi connectivity index (χ3n) is 3.31. The lowest BCUT2D eigenvalue weighted by Crippen LogP contribution is -2.04. The number of nitrogens with zero attached hydrogens (tertiary/aromatic N) is 1. The Morgan fingerprint density at radius 2 is 1.48 bits per heavy atom. The van der Waals surface area contributed by atoms with Crippen molar-refractivity contribution < 1.29 is 27.4 Å². The van der Waals surface area contributed by atoms with E-state index in [2.05, 4.69) is 10.5 Å². The number of nitrogens with one attached hydrogen (secondary N) is 1.